The fourth-order valence-corrected chi connectivity index (χ4v) is 1.45. The fourth-order valence-electron chi connectivity index (χ4n) is 1.45. The van der Waals surface area contributed by atoms with Gasteiger partial charge in [-0.25, -0.2) is 5.84 Å². The Morgan fingerprint density at radius 3 is 2.45 bits per heavy atom. The van der Waals surface area contributed by atoms with Crippen LogP contribution in [0, 0.1) is 5.92 Å². The van der Waals surface area contributed by atoms with Gasteiger partial charge in [0.25, 0.3) is 0 Å². The molecule has 112 valence electrons. The van der Waals surface area contributed by atoms with E-state index in [4.69, 9.17) is 16.3 Å². The number of rotatable bonds is 8. The zero-order valence-electron chi connectivity index (χ0n) is 11.9. The first kappa shape index (κ1) is 15.9. The Morgan fingerprint density at radius 1 is 1.30 bits per heavy atom. The first-order chi connectivity index (χ1) is 9.47. The van der Waals surface area contributed by atoms with Crippen molar-refractivity contribution in [3.8, 4) is 6.01 Å². The predicted octanol–water partition coefficient (Wildman–Crippen LogP) is -0.132. The van der Waals surface area contributed by atoms with Crippen LogP contribution in [0.15, 0.2) is 0 Å². The lowest BCUT2D eigenvalue weighted by atomic mass is 10.0. The number of hydrogen-bond donors (Lipinski definition) is 4. The zero-order chi connectivity index (χ0) is 15.1. The van der Waals surface area contributed by atoms with Gasteiger partial charge >= 0.3 is 6.01 Å². The maximum absolute atomic E-state index is 11.4. The van der Waals surface area contributed by atoms with Crippen LogP contribution in [0.25, 0.3) is 0 Å². The highest BCUT2D eigenvalue weighted by Gasteiger charge is 2.21. The van der Waals surface area contributed by atoms with E-state index in [1.165, 1.54) is 0 Å². The number of anilines is 2. The summed E-state index contributed by atoms with van der Waals surface area (Å²) in [6.45, 7) is 6.15. The molecule has 0 spiro atoms. The van der Waals surface area contributed by atoms with Crippen LogP contribution >= 0.6 is 0 Å². The van der Waals surface area contributed by atoms with Crippen molar-refractivity contribution < 1.29 is 9.53 Å². The lowest BCUT2D eigenvalue weighted by molar-refractivity contribution is -0.119. The molecule has 0 aromatic carbocycles. The highest BCUT2D eigenvalue weighted by atomic mass is 16.5. The molecule has 9 heteroatoms. The molecule has 0 radical (unpaired) electrons. The van der Waals surface area contributed by atoms with Crippen LogP contribution in [-0.4, -0.2) is 33.5 Å². The van der Waals surface area contributed by atoms with Gasteiger partial charge in [0.05, 0.1) is 6.61 Å². The number of nitrogens with two attached hydrogens (primary N) is 2. The van der Waals surface area contributed by atoms with Crippen molar-refractivity contribution in [1.82, 2.24) is 15.0 Å². The third-order valence-corrected chi connectivity index (χ3v) is 2.44. The molecule has 0 fully saturated rings. The van der Waals surface area contributed by atoms with E-state index in [1.54, 1.807) is 0 Å². The SMILES string of the molecule is CCCOc1nc(NN)nc(NC(C(N)=O)C(C)C)n1. The maximum Gasteiger partial charge on any atom is 0.323 e. The molecule has 9 nitrogen and oxygen atoms in total. The first-order valence-corrected chi connectivity index (χ1v) is 6.39. The van der Waals surface area contributed by atoms with Gasteiger partial charge in [0.2, 0.25) is 17.8 Å². The van der Waals surface area contributed by atoms with Crippen molar-refractivity contribution >= 4 is 17.8 Å². The average Bonchev–Trinajstić information content (AvgIpc) is 2.41. The van der Waals surface area contributed by atoms with E-state index < -0.39 is 11.9 Å². The van der Waals surface area contributed by atoms with E-state index in [0.29, 0.717) is 6.61 Å². The third-order valence-electron chi connectivity index (χ3n) is 2.44. The molecular weight excluding hydrogens is 262 g/mol. The van der Waals surface area contributed by atoms with Crippen LogP contribution in [0.5, 0.6) is 6.01 Å². The highest BCUT2D eigenvalue weighted by Crippen LogP contribution is 2.14. The number of nitrogens with zero attached hydrogens (tertiary/aromatic N) is 3. The van der Waals surface area contributed by atoms with Crippen molar-refractivity contribution in [2.45, 2.75) is 33.2 Å². The van der Waals surface area contributed by atoms with E-state index in [-0.39, 0.29) is 23.8 Å². The number of hydrogen-bond acceptors (Lipinski definition) is 8. The van der Waals surface area contributed by atoms with Gasteiger partial charge in [0, 0.05) is 0 Å². The van der Waals surface area contributed by atoms with Gasteiger partial charge in [-0.1, -0.05) is 20.8 Å². The lowest BCUT2D eigenvalue weighted by Crippen LogP contribution is -2.40. The number of nitrogens with one attached hydrogen (secondary N) is 2. The minimum atomic E-state index is -0.595. The van der Waals surface area contributed by atoms with E-state index >= 15 is 0 Å². The van der Waals surface area contributed by atoms with E-state index in [9.17, 15) is 4.79 Å². The smallest absolute Gasteiger partial charge is 0.323 e. The molecule has 0 aliphatic heterocycles. The molecule has 0 bridgehead atoms. The Hall–Kier alpha value is -2.16. The summed E-state index contributed by atoms with van der Waals surface area (Å²) >= 11 is 0. The second-order valence-electron chi connectivity index (χ2n) is 4.53. The summed E-state index contributed by atoms with van der Waals surface area (Å²) in [5.74, 6) is 5.10. The second kappa shape index (κ2) is 7.43. The Balaban J connectivity index is 2.95. The molecule has 1 heterocycles. The summed E-state index contributed by atoms with van der Waals surface area (Å²) in [6.07, 6.45) is 0.815. The molecule has 1 rings (SSSR count). The van der Waals surface area contributed by atoms with Gasteiger partial charge in [-0.3, -0.25) is 10.2 Å². The molecule has 1 unspecified atom stereocenters. The summed E-state index contributed by atoms with van der Waals surface area (Å²) < 4.78 is 5.33. The minimum absolute atomic E-state index is 0.0152. The quantitative estimate of drug-likeness (QED) is 0.382. The van der Waals surface area contributed by atoms with Crippen molar-refractivity contribution in [1.29, 1.82) is 0 Å². The normalized spacial score (nSPS) is 12.1. The molecular formula is C11H21N7O2. The average molecular weight is 283 g/mol. The summed E-state index contributed by atoms with van der Waals surface area (Å²) in [7, 11) is 0. The molecule has 1 aromatic rings. The van der Waals surface area contributed by atoms with Crippen molar-refractivity contribution in [2.24, 2.45) is 17.5 Å². The van der Waals surface area contributed by atoms with Crippen LogP contribution in [0.4, 0.5) is 11.9 Å². The number of aromatic nitrogens is 3. The number of primary amides is 1. The van der Waals surface area contributed by atoms with Gasteiger partial charge in [0.15, 0.2) is 0 Å². The minimum Gasteiger partial charge on any atom is -0.463 e. The highest BCUT2D eigenvalue weighted by molar-refractivity contribution is 5.82. The van der Waals surface area contributed by atoms with Gasteiger partial charge in [-0.05, 0) is 12.3 Å². The number of nitrogen functional groups attached to an aromatic ring is 1. The van der Waals surface area contributed by atoms with Gasteiger partial charge in [-0.15, -0.1) is 0 Å². The second-order valence-corrected chi connectivity index (χ2v) is 4.53. The largest absolute Gasteiger partial charge is 0.463 e. The Kier molecular flexibility index (Phi) is 5.91. The van der Waals surface area contributed by atoms with Crippen LogP contribution in [-0.2, 0) is 4.79 Å². The van der Waals surface area contributed by atoms with Crippen molar-refractivity contribution in [3.05, 3.63) is 0 Å². The molecule has 1 atom stereocenters. The Labute approximate surface area is 117 Å². The first-order valence-electron chi connectivity index (χ1n) is 6.39. The third kappa shape index (κ3) is 4.50. The number of ether oxygens (including phenoxy) is 1. The standard InChI is InChI=1S/C11H21N7O2/c1-4-5-20-11-16-9(15-10(17-11)18-13)14-7(6(2)3)8(12)19/h6-7H,4-5,13H2,1-3H3,(H2,12,19)(H2,14,15,16,17,18). The number of amides is 1. The number of carbonyl (C=O) groups excluding carboxylic acids is 1. The summed E-state index contributed by atoms with van der Waals surface area (Å²) in [5, 5.41) is 2.86. The predicted molar refractivity (Wildman–Crippen MR) is 74.9 cm³/mol. The van der Waals surface area contributed by atoms with Crippen LogP contribution in [0.1, 0.15) is 27.2 Å². The lowest BCUT2D eigenvalue weighted by Gasteiger charge is -2.19. The van der Waals surface area contributed by atoms with Crippen LogP contribution in [0.3, 0.4) is 0 Å². The molecule has 0 aliphatic rings. The van der Waals surface area contributed by atoms with Gasteiger partial charge in [0.1, 0.15) is 6.04 Å². The molecule has 1 amide bonds. The van der Waals surface area contributed by atoms with E-state index in [1.807, 2.05) is 20.8 Å². The molecule has 0 aliphatic carbocycles. The van der Waals surface area contributed by atoms with Gasteiger partial charge in [-0.2, -0.15) is 15.0 Å². The maximum atomic E-state index is 11.4. The molecule has 0 saturated heterocycles. The van der Waals surface area contributed by atoms with E-state index in [2.05, 4.69) is 25.7 Å². The Bertz CT molecular complexity index is 452. The molecule has 6 N–H and O–H groups in total. The van der Waals surface area contributed by atoms with Crippen molar-refractivity contribution in [2.75, 3.05) is 17.3 Å². The number of carbonyl (C=O) groups is 1. The van der Waals surface area contributed by atoms with Crippen LogP contribution < -0.4 is 27.1 Å². The topological polar surface area (TPSA) is 141 Å². The van der Waals surface area contributed by atoms with Crippen molar-refractivity contribution in [3.63, 3.8) is 0 Å². The summed E-state index contributed by atoms with van der Waals surface area (Å²) in [6, 6.07) is -0.466. The molecule has 20 heavy (non-hydrogen) atoms. The fraction of sp³-hybridized carbons (Fsp3) is 0.636. The Morgan fingerprint density at radius 2 is 1.95 bits per heavy atom. The molecule has 0 saturated carbocycles. The van der Waals surface area contributed by atoms with Crippen LogP contribution in [0.2, 0.25) is 0 Å². The van der Waals surface area contributed by atoms with E-state index in [0.717, 1.165) is 6.42 Å². The summed E-state index contributed by atoms with van der Waals surface area (Å²) in [4.78, 5) is 23.4. The molecule has 1 aromatic heterocycles. The monoisotopic (exact) mass is 283 g/mol. The zero-order valence-corrected chi connectivity index (χ0v) is 11.9. The summed E-state index contributed by atoms with van der Waals surface area (Å²) in [5.41, 5.74) is 7.65. The van der Waals surface area contributed by atoms with Gasteiger partial charge < -0.3 is 15.8 Å². The number of hydrazine groups is 1.